The van der Waals surface area contributed by atoms with Crippen LogP contribution in [0.3, 0.4) is 0 Å². The fraction of sp³-hybridized carbons (Fsp3) is 0.750. The van der Waals surface area contributed by atoms with E-state index in [2.05, 4.69) is 19.8 Å². The van der Waals surface area contributed by atoms with Crippen LogP contribution in [0.2, 0.25) is 0 Å². The number of nitrogens with zero attached hydrogens (tertiary/aromatic N) is 4. The highest BCUT2D eigenvalue weighted by atomic mass is 16.5. The summed E-state index contributed by atoms with van der Waals surface area (Å²) in [7, 11) is 0. The first-order valence-corrected chi connectivity index (χ1v) is 8.15. The van der Waals surface area contributed by atoms with Crippen molar-refractivity contribution in [2.24, 2.45) is 11.3 Å². The highest BCUT2D eigenvalue weighted by molar-refractivity contribution is 5.32. The van der Waals surface area contributed by atoms with Gasteiger partial charge in [0.15, 0.2) is 0 Å². The van der Waals surface area contributed by atoms with Gasteiger partial charge in [-0.15, -0.1) is 0 Å². The largest absolute Gasteiger partial charge is 0.379 e. The van der Waals surface area contributed by atoms with Gasteiger partial charge in [0, 0.05) is 50.5 Å². The van der Waals surface area contributed by atoms with Gasteiger partial charge in [-0.1, -0.05) is 0 Å². The summed E-state index contributed by atoms with van der Waals surface area (Å²) in [4.78, 5) is 13.8. The van der Waals surface area contributed by atoms with Crippen molar-refractivity contribution < 1.29 is 4.74 Å². The lowest BCUT2D eigenvalue weighted by Crippen LogP contribution is -2.41. The van der Waals surface area contributed by atoms with E-state index >= 15 is 0 Å². The van der Waals surface area contributed by atoms with E-state index in [1.54, 1.807) is 0 Å². The summed E-state index contributed by atoms with van der Waals surface area (Å²) in [5.74, 6) is 1.82. The molecule has 0 amide bonds. The molecule has 5 heteroatoms. The van der Waals surface area contributed by atoms with Crippen molar-refractivity contribution in [3.05, 3.63) is 18.5 Å². The summed E-state index contributed by atoms with van der Waals surface area (Å²) < 4.78 is 5.94. The van der Waals surface area contributed by atoms with Gasteiger partial charge in [-0.3, -0.25) is 0 Å². The minimum absolute atomic E-state index is 0.268. The molecular weight excluding hydrogens is 264 g/mol. The first-order chi connectivity index (χ1) is 10.3. The summed E-state index contributed by atoms with van der Waals surface area (Å²) >= 11 is 0. The third-order valence-corrected chi connectivity index (χ3v) is 5.01. The molecular formula is C16H24N4O. The van der Waals surface area contributed by atoms with E-state index in [4.69, 9.17) is 4.74 Å². The number of hydrogen-bond donors (Lipinski definition) is 0. The van der Waals surface area contributed by atoms with E-state index in [9.17, 15) is 0 Å². The van der Waals surface area contributed by atoms with Crippen LogP contribution in [-0.4, -0.2) is 60.8 Å². The predicted octanol–water partition coefficient (Wildman–Crippen LogP) is 1.42. The maximum absolute atomic E-state index is 5.94. The van der Waals surface area contributed by atoms with Crippen LogP contribution in [-0.2, 0) is 4.74 Å². The zero-order valence-corrected chi connectivity index (χ0v) is 12.6. The normalized spacial score (nSPS) is 30.8. The molecule has 0 unspecified atom stereocenters. The quantitative estimate of drug-likeness (QED) is 0.841. The zero-order valence-electron chi connectivity index (χ0n) is 12.6. The highest BCUT2D eigenvalue weighted by Gasteiger charge is 2.42. The van der Waals surface area contributed by atoms with Gasteiger partial charge in [0.1, 0.15) is 0 Å². The molecule has 1 spiro atoms. The molecule has 5 nitrogen and oxygen atoms in total. The molecule has 3 aliphatic rings. The molecule has 4 rings (SSSR count). The fourth-order valence-electron chi connectivity index (χ4n) is 3.71. The van der Waals surface area contributed by atoms with E-state index < -0.39 is 0 Å². The van der Waals surface area contributed by atoms with Crippen LogP contribution in [0, 0.1) is 11.3 Å². The third kappa shape index (κ3) is 3.04. The molecule has 3 fully saturated rings. The molecule has 1 saturated carbocycles. The third-order valence-electron chi connectivity index (χ3n) is 5.01. The van der Waals surface area contributed by atoms with Crippen molar-refractivity contribution in [2.75, 3.05) is 50.8 Å². The van der Waals surface area contributed by atoms with Gasteiger partial charge in [-0.05, 0) is 31.2 Å². The van der Waals surface area contributed by atoms with Crippen LogP contribution in [0.1, 0.15) is 19.3 Å². The maximum Gasteiger partial charge on any atom is 0.225 e. The van der Waals surface area contributed by atoms with Crippen molar-refractivity contribution in [2.45, 2.75) is 19.3 Å². The highest BCUT2D eigenvalue weighted by Crippen LogP contribution is 2.36. The van der Waals surface area contributed by atoms with Crippen LogP contribution in [0.15, 0.2) is 18.5 Å². The van der Waals surface area contributed by atoms with E-state index in [1.165, 1.54) is 32.4 Å². The summed E-state index contributed by atoms with van der Waals surface area (Å²) in [6.45, 7) is 7.39. The van der Waals surface area contributed by atoms with Gasteiger partial charge in [0.05, 0.1) is 13.2 Å². The summed E-state index contributed by atoms with van der Waals surface area (Å²) in [5, 5.41) is 0. The molecule has 3 heterocycles. The molecule has 21 heavy (non-hydrogen) atoms. The Morgan fingerprint density at radius 3 is 2.86 bits per heavy atom. The van der Waals surface area contributed by atoms with E-state index in [1.807, 2.05) is 18.5 Å². The van der Waals surface area contributed by atoms with Gasteiger partial charge in [-0.25, -0.2) is 9.97 Å². The van der Waals surface area contributed by atoms with Crippen LogP contribution < -0.4 is 4.90 Å². The molecule has 1 aromatic heterocycles. The molecule has 0 aromatic carbocycles. The first-order valence-electron chi connectivity index (χ1n) is 8.15. The Morgan fingerprint density at radius 1 is 1.19 bits per heavy atom. The summed E-state index contributed by atoms with van der Waals surface area (Å²) in [6, 6.07) is 1.88. The molecule has 2 aliphatic heterocycles. The Morgan fingerprint density at radius 2 is 2.05 bits per heavy atom. The Bertz CT molecular complexity index is 478. The number of hydrogen-bond acceptors (Lipinski definition) is 5. The monoisotopic (exact) mass is 288 g/mol. The second-order valence-electron chi connectivity index (χ2n) is 6.95. The van der Waals surface area contributed by atoms with Crippen LogP contribution in [0.4, 0.5) is 5.95 Å². The minimum atomic E-state index is 0.268. The van der Waals surface area contributed by atoms with Gasteiger partial charge in [0.2, 0.25) is 5.95 Å². The van der Waals surface area contributed by atoms with E-state index in [0.717, 1.165) is 44.7 Å². The van der Waals surface area contributed by atoms with Crippen LogP contribution in [0.5, 0.6) is 0 Å². The van der Waals surface area contributed by atoms with Crippen molar-refractivity contribution in [1.29, 1.82) is 0 Å². The number of aromatic nitrogens is 2. The van der Waals surface area contributed by atoms with Crippen LogP contribution in [0.25, 0.3) is 0 Å². The van der Waals surface area contributed by atoms with Gasteiger partial charge >= 0.3 is 0 Å². The molecule has 1 atom stereocenters. The van der Waals surface area contributed by atoms with Crippen molar-refractivity contribution in [3.8, 4) is 0 Å². The average molecular weight is 288 g/mol. The van der Waals surface area contributed by atoms with Crippen molar-refractivity contribution >= 4 is 5.95 Å². The van der Waals surface area contributed by atoms with E-state index in [0.29, 0.717) is 0 Å². The molecule has 0 radical (unpaired) electrons. The Balaban J connectivity index is 1.45. The van der Waals surface area contributed by atoms with Crippen molar-refractivity contribution in [1.82, 2.24) is 14.9 Å². The topological polar surface area (TPSA) is 41.5 Å². The molecule has 1 aliphatic carbocycles. The SMILES string of the molecule is c1cnc(N2CC[C@@]3(COCCN(CC4CC4)C3)C2)nc1. The van der Waals surface area contributed by atoms with Gasteiger partial charge in [-0.2, -0.15) is 0 Å². The van der Waals surface area contributed by atoms with Crippen molar-refractivity contribution in [3.63, 3.8) is 0 Å². The summed E-state index contributed by atoms with van der Waals surface area (Å²) in [6.07, 6.45) is 7.70. The minimum Gasteiger partial charge on any atom is -0.379 e. The lowest BCUT2D eigenvalue weighted by Gasteiger charge is -2.31. The van der Waals surface area contributed by atoms with Gasteiger partial charge < -0.3 is 14.5 Å². The second-order valence-corrected chi connectivity index (χ2v) is 6.95. The van der Waals surface area contributed by atoms with E-state index in [-0.39, 0.29) is 5.41 Å². The second kappa shape index (κ2) is 5.54. The summed E-state index contributed by atoms with van der Waals surface area (Å²) in [5.41, 5.74) is 0.268. The molecule has 114 valence electrons. The van der Waals surface area contributed by atoms with Gasteiger partial charge in [0.25, 0.3) is 0 Å². The Kier molecular flexibility index (Phi) is 3.55. The Hall–Kier alpha value is -1.20. The molecule has 1 aromatic rings. The lowest BCUT2D eigenvalue weighted by molar-refractivity contribution is 0.0798. The smallest absolute Gasteiger partial charge is 0.225 e. The van der Waals surface area contributed by atoms with Crippen LogP contribution >= 0.6 is 0 Å². The first kappa shape index (κ1) is 13.5. The maximum atomic E-state index is 5.94. The standard InChI is InChI=1S/C16H24N4O/c1-5-17-15(18-6-1)20-7-4-16(12-20)11-19(8-9-21-13-16)10-14-2-3-14/h1,5-6,14H,2-4,7-13H2/t16-/m0/s1. The molecule has 0 bridgehead atoms. The lowest BCUT2D eigenvalue weighted by atomic mass is 9.87. The predicted molar refractivity (Wildman–Crippen MR) is 81.3 cm³/mol. The number of ether oxygens (including phenoxy) is 1. The average Bonchev–Trinajstić information content (AvgIpc) is 3.26. The number of rotatable bonds is 3. The zero-order chi connectivity index (χ0) is 14.1. The fourth-order valence-corrected chi connectivity index (χ4v) is 3.71. The molecule has 2 saturated heterocycles. The Labute approximate surface area is 126 Å². The number of anilines is 1. The molecule has 0 N–H and O–H groups in total.